The second kappa shape index (κ2) is 5.42. The summed E-state index contributed by atoms with van der Waals surface area (Å²) in [6.45, 7) is 1.98. The van der Waals surface area contributed by atoms with E-state index in [-0.39, 0.29) is 35.2 Å². The molecule has 1 aliphatic rings. The van der Waals surface area contributed by atoms with E-state index in [1.54, 1.807) is 12.1 Å². The van der Waals surface area contributed by atoms with Crippen LogP contribution in [0.4, 0.5) is 0 Å². The highest BCUT2D eigenvalue weighted by Crippen LogP contribution is 2.45. The molecule has 1 aliphatic heterocycles. The number of rotatable bonds is 2. The van der Waals surface area contributed by atoms with Gasteiger partial charge in [0.2, 0.25) is 0 Å². The quantitative estimate of drug-likeness (QED) is 0.639. The summed E-state index contributed by atoms with van der Waals surface area (Å²) >= 11 is 0. The van der Waals surface area contributed by atoms with Gasteiger partial charge in [-0.15, -0.1) is 0 Å². The first kappa shape index (κ1) is 14.5. The summed E-state index contributed by atoms with van der Waals surface area (Å²) in [5.74, 6) is -0.664. The zero-order valence-corrected chi connectivity index (χ0v) is 12.2. The van der Waals surface area contributed by atoms with Crippen LogP contribution < -0.4 is 0 Å². The third-order valence-electron chi connectivity index (χ3n) is 4.10. The lowest BCUT2D eigenvalue weighted by atomic mass is 9.89. The zero-order valence-electron chi connectivity index (χ0n) is 12.2. The number of benzene rings is 2. The average molecular weight is 302 g/mol. The fourth-order valence-corrected chi connectivity index (χ4v) is 2.91. The number of hydrogen-bond donors (Lipinski definition) is 4. The van der Waals surface area contributed by atoms with Crippen LogP contribution in [0.5, 0.6) is 23.0 Å². The molecular formula is C17H18O5. The zero-order chi connectivity index (χ0) is 15.9. The van der Waals surface area contributed by atoms with Crippen molar-refractivity contribution in [1.29, 1.82) is 0 Å². The number of phenolic OH excluding ortho intramolecular Hbond substituents is 4. The van der Waals surface area contributed by atoms with Gasteiger partial charge >= 0.3 is 0 Å². The van der Waals surface area contributed by atoms with Crippen LogP contribution in [0.25, 0.3) is 0 Å². The minimum Gasteiger partial charge on any atom is -0.504 e. The van der Waals surface area contributed by atoms with Gasteiger partial charge in [0.25, 0.3) is 0 Å². The lowest BCUT2D eigenvalue weighted by Crippen LogP contribution is -2.20. The van der Waals surface area contributed by atoms with E-state index in [0.717, 1.165) is 12.0 Å². The Hall–Kier alpha value is -2.40. The molecular weight excluding hydrogens is 284 g/mol. The van der Waals surface area contributed by atoms with Gasteiger partial charge in [-0.3, -0.25) is 0 Å². The van der Waals surface area contributed by atoms with E-state index in [2.05, 4.69) is 0 Å². The Bertz CT molecular complexity index is 710. The first-order valence-corrected chi connectivity index (χ1v) is 7.22. The van der Waals surface area contributed by atoms with Gasteiger partial charge in [0.1, 0.15) is 0 Å². The minimum absolute atomic E-state index is 0.118. The van der Waals surface area contributed by atoms with E-state index in [9.17, 15) is 20.4 Å². The van der Waals surface area contributed by atoms with Crippen molar-refractivity contribution in [3.63, 3.8) is 0 Å². The summed E-state index contributed by atoms with van der Waals surface area (Å²) in [7, 11) is 0. The van der Waals surface area contributed by atoms with E-state index in [0.29, 0.717) is 17.5 Å². The average Bonchev–Trinajstić information content (AvgIpc) is 2.52. The monoisotopic (exact) mass is 302 g/mol. The molecule has 2 unspecified atom stereocenters. The molecule has 0 amide bonds. The van der Waals surface area contributed by atoms with E-state index in [1.165, 1.54) is 18.2 Å². The van der Waals surface area contributed by atoms with Crippen LogP contribution in [-0.4, -0.2) is 20.4 Å². The molecule has 2 aromatic carbocycles. The van der Waals surface area contributed by atoms with Gasteiger partial charge in [0.15, 0.2) is 23.0 Å². The molecule has 4 N–H and O–H groups in total. The molecule has 0 aromatic heterocycles. The molecule has 2 atom stereocenters. The molecule has 0 saturated carbocycles. The van der Waals surface area contributed by atoms with Crippen LogP contribution in [0.15, 0.2) is 30.3 Å². The molecule has 22 heavy (non-hydrogen) atoms. The summed E-state index contributed by atoms with van der Waals surface area (Å²) in [4.78, 5) is 0. The largest absolute Gasteiger partial charge is 0.504 e. The van der Waals surface area contributed by atoms with E-state index < -0.39 is 0 Å². The highest BCUT2D eigenvalue weighted by molar-refractivity contribution is 5.51. The Morgan fingerprint density at radius 2 is 1.73 bits per heavy atom. The molecule has 116 valence electrons. The van der Waals surface area contributed by atoms with E-state index in [1.807, 2.05) is 6.92 Å². The Morgan fingerprint density at radius 1 is 1.00 bits per heavy atom. The van der Waals surface area contributed by atoms with Gasteiger partial charge in [-0.05, 0) is 35.7 Å². The molecule has 0 radical (unpaired) electrons. The van der Waals surface area contributed by atoms with Crippen LogP contribution >= 0.6 is 0 Å². The predicted octanol–water partition coefficient (Wildman–Crippen LogP) is 3.27. The SMILES string of the molecule is CCC1OC(c2ccc(O)c(O)c2)Cc2c1ccc(O)c2O. The second-order valence-corrected chi connectivity index (χ2v) is 5.47. The van der Waals surface area contributed by atoms with Crippen LogP contribution in [0.1, 0.15) is 42.2 Å². The Labute approximate surface area is 128 Å². The minimum atomic E-state index is -0.364. The number of phenols is 4. The molecule has 0 fully saturated rings. The van der Waals surface area contributed by atoms with Gasteiger partial charge in [0.05, 0.1) is 12.2 Å². The fraction of sp³-hybridized carbons (Fsp3) is 0.294. The normalized spacial score (nSPS) is 20.6. The van der Waals surface area contributed by atoms with Crippen LogP contribution in [0.3, 0.4) is 0 Å². The molecule has 0 spiro atoms. The van der Waals surface area contributed by atoms with Crippen molar-refractivity contribution in [3.8, 4) is 23.0 Å². The van der Waals surface area contributed by atoms with E-state index in [4.69, 9.17) is 4.74 Å². The first-order chi connectivity index (χ1) is 10.5. The Morgan fingerprint density at radius 3 is 2.41 bits per heavy atom. The van der Waals surface area contributed by atoms with Crippen molar-refractivity contribution in [1.82, 2.24) is 0 Å². The maximum Gasteiger partial charge on any atom is 0.161 e. The summed E-state index contributed by atoms with van der Waals surface area (Å²) in [6.07, 6.45) is 0.543. The number of ether oxygens (including phenoxy) is 1. The van der Waals surface area contributed by atoms with E-state index >= 15 is 0 Å². The standard InChI is InChI=1S/C17H18O5/c1-2-15-10-4-6-13(19)17(21)11(10)8-16(22-15)9-3-5-12(18)14(20)7-9/h3-7,15-16,18-21H,2,8H2,1H3. The third-order valence-corrected chi connectivity index (χ3v) is 4.10. The Kier molecular flexibility index (Phi) is 3.58. The highest BCUT2D eigenvalue weighted by atomic mass is 16.5. The Balaban J connectivity index is 2.03. The fourth-order valence-electron chi connectivity index (χ4n) is 2.91. The summed E-state index contributed by atoms with van der Waals surface area (Å²) in [5.41, 5.74) is 2.25. The molecule has 5 nitrogen and oxygen atoms in total. The maximum atomic E-state index is 10.1. The number of aromatic hydroxyl groups is 4. The smallest absolute Gasteiger partial charge is 0.161 e. The van der Waals surface area contributed by atoms with Gasteiger partial charge in [0, 0.05) is 12.0 Å². The van der Waals surface area contributed by atoms with Gasteiger partial charge in [-0.2, -0.15) is 0 Å². The summed E-state index contributed by atoms with van der Waals surface area (Å²) in [5, 5.41) is 38.9. The molecule has 0 bridgehead atoms. The summed E-state index contributed by atoms with van der Waals surface area (Å²) in [6, 6.07) is 7.78. The lowest BCUT2D eigenvalue weighted by molar-refractivity contribution is -0.0300. The van der Waals surface area contributed by atoms with Crippen molar-refractivity contribution in [3.05, 3.63) is 47.0 Å². The first-order valence-electron chi connectivity index (χ1n) is 7.22. The van der Waals surface area contributed by atoms with Crippen molar-refractivity contribution >= 4 is 0 Å². The van der Waals surface area contributed by atoms with Crippen LogP contribution in [-0.2, 0) is 11.2 Å². The summed E-state index contributed by atoms with van der Waals surface area (Å²) < 4.78 is 6.05. The van der Waals surface area contributed by atoms with Crippen molar-refractivity contribution in [2.24, 2.45) is 0 Å². The second-order valence-electron chi connectivity index (χ2n) is 5.47. The highest BCUT2D eigenvalue weighted by Gasteiger charge is 2.30. The lowest BCUT2D eigenvalue weighted by Gasteiger charge is -2.32. The van der Waals surface area contributed by atoms with Gasteiger partial charge < -0.3 is 25.2 Å². The van der Waals surface area contributed by atoms with Crippen molar-refractivity contribution in [2.45, 2.75) is 32.0 Å². The van der Waals surface area contributed by atoms with Crippen LogP contribution in [0.2, 0.25) is 0 Å². The van der Waals surface area contributed by atoms with Gasteiger partial charge in [-0.25, -0.2) is 0 Å². The number of fused-ring (bicyclic) bond motifs is 1. The predicted molar refractivity (Wildman–Crippen MR) is 80.1 cm³/mol. The third kappa shape index (κ3) is 2.33. The molecule has 1 heterocycles. The topological polar surface area (TPSA) is 90.2 Å². The molecule has 5 heteroatoms. The molecule has 0 aliphatic carbocycles. The number of hydrogen-bond acceptors (Lipinski definition) is 5. The molecule has 2 aromatic rings. The molecule has 3 rings (SSSR count). The molecule has 0 saturated heterocycles. The van der Waals surface area contributed by atoms with Crippen LogP contribution in [0, 0.1) is 0 Å². The maximum absolute atomic E-state index is 10.1. The van der Waals surface area contributed by atoms with Crippen molar-refractivity contribution < 1.29 is 25.2 Å². The van der Waals surface area contributed by atoms with Crippen molar-refractivity contribution in [2.75, 3.05) is 0 Å². The van der Waals surface area contributed by atoms with Gasteiger partial charge in [-0.1, -0.05) is 19.1 Å².